The number of aryl methyl sites for hydroxylation is 1. The van der Waals surface area contributed by atoms with Crippen LogP contribution in [0.2, 0.25) is 0 Å². The number of carbonyl (C=O) groups is 3. The molecule has 130 valence electrons. The normalized spacial score (nSPS) is 10.5. The molecule has 0 aliphatic carbocycles. The summed E-state index contributed by atoms with van der Waals surface area (Å²) >= 11 is 0. The van der Waals surface area contributed by atoms with Gasteiger partial charge in [0.1, 0.15) is 0 Å². The zero-order valence-corrected chi connectivity index (χ0v) is 13.8. The second-order valence-corrected chi connectivity index (χ2v) is 5.84. The van der Waals surface area contributed by atoms with E-state index in [9.17, 15) is 24.6 Å². The molecule has 0 bridgehead atoms. The van der Waals surface area contributed by atoms with E-state index in [-0.39, 0.29) is 27.5 Å². The number of carbonyl (C=O) groups excluding carboxylic acids is 1. The van der Waals surface area contributed by atoms with Gasteiger partial charge in [0.15, 0.2) is 6.29 Å². The maximum atomic E-state index is 11.7. The molecule has 3 N–H and O–H groups in total. The Bertz CT molecular complexity index is 1060. The lowest BCUT2D eigenvalue weighted by molar-refractivity contribution is 0.0686. The summed E-state index contributed by atoms with van der Waals surface area (Å²) in [5, 5.41) is 22.4. The monoisotopic (exact) mass is 349 g/mol. The van der Waals surface area contributed by atoms with Crippen molar-refractivity contribution in [3.63, 3.8) is 0 Å². The zero-order chi connectivity index (χ0) is 18.8. The number of aromatic carboxylic acids is 2. The molecule has 6 heteroatoms. The van der Waals surface area contributed by atoms with Crippen LogP contribution in [0.4, 0.5) is 11.4 Å². The van der Waals surface area contributed by atoms with Crippen LogP contribution in [0.15, 0.2) is 48.5 Å². The SMILES string of the molecule is Cc1cccc(Nc2ccc(C(=O)O)c3c(C=O)ccc(C(=O)O)c23)c1. The molecular formula is C20H15NO5. The lowest BCUT2D eigenvalue weighted by Gasteiger charge is -2.15. The quantitative estimate of drug-likeness (QED) is 0.599. The van der Waals surface area contributed by atoms with Crippen LogP contribution >= 0.6 is 0 Å². The summed E-state index contributed by atoms with van der Waals surface area (Å²) in [6.07, 6.45) is 0.525. The molecule has 3 aromatic rings. The zero-order valence-electron chi connectivity index (χ0n) is 13.8. The second kappa shape index (κ2) is 6.68. The first-order valence-corrected chi connectivity index (χ1v) is 7.77. The largest absolute Gasteiger partial charge is 0.478 e. The molecule has 0 fully saturated rings. The Morgan fingerprint density at radius 1 is 0.923 bits per heavy atom. The summed E-state index contributed by atoms with van der Waals surface area (Å²) in [6, 6.07) is 13.0. The highest BCUT2D eigenvalue weighted by molar-refractivity contribution is 6.19. The fraction of sp³-hybridized carbons (Fsp3) is 0.0500. The van der Waals surface area contributed by atoms with E-state index in [4.69, 9.17) is 0 Å². The van der Waals surface area contributed by atoms with Gasteiger partial charge in [0, 0.05) is 27.7 Å². The predicted octanol–water partition coefficient (Wildman–Crippen LogP) is 4.10. The highest BCUT2D eigenvalue weighted by atomic mass is 16.4. The van der Waals surface area contributed by atoms with Gasteiger partial charge < -0.3 is 15.5 Å². The Morgan fingerprint density at radius 2 is 1.58 bits per heavy atom. The molecule has 3 aromatic carbocycles. The number of carboxylic acids is 2. The lowest BCUT2D eigenvalue weighted by Crippen LogP contribution is -2.06. The van der Waals surface area contributed by atoms with E-state index in [1.165, 1.54) is 24.3 Å². The third-order valence-electron chi connectivity index (χ3n) is 4.08. The number of anilines is 2. The highest BCUT2D eigenvalue weighted by Gasteiger charge is 2.20. The molecule has 26 heavy (non-hydrogen) atoms. The van der Waals surface area contributed by atoms with Crippen molar-refractivity contribution >= 4 is 40.4 Å². The van der Waals surface area contributed by atoms with E-state index in [0.717, 1.165) is 11.3 Å². The molecule has 0 aliphatic heterocycles. The summed E-state index contributed by atoms with van der Waals surface area (Å²) < 4.78 is 0. The van der Waals surface area contributed by atoms with Crippen LogP contribution in [0, 0.1) is 6.92 Å². The van der Waals surface area contributed by atoms with Gasteiger partial charge in [0.05, 0.1) is 11.1 Å². The van der Waals surface area contributed by atoms with E-state index in [1.807, 2.05) is 31.2 Å². The van der Waals surface area contributed by atoms with Crippen molar-refractivity contribution in [3.8, 4) is 0 Å². The summed E-state index contributed by atoms with van der Waals surface area (Å²) in [5.74, 6) is -2.44. The van der Waals surface area contributed by atoms with Crippen LogP contribution in [0.5, 0.6) is 0 Å². The number of carboxylic acid groups (broad SMARTS) is 2. The molecule has 3 rings (SSSR count). The highest BCUT2D eigenvalue weighted by Crippen LogP contribution is 2.34. The Balaban J connectivity index is 2.36. The summed E-state index contributed by atoms with van der Waals surface area (Å²) in [5.41, 5.74) is 2.06. The maximum absolute atomic E-state index is 11.7. The molecule has 0 atom stereocenters. The summed E-state index contributed by atoms with van der Waals surface area (Å²) in [4.78, 5) is 34.7. The molecule has 0 radical (unpaired) electrons. The lowest BCUT2D eigenvalue weighted by atomic mass is 9.94. The first kappa shape index (κ1) is 17.2. The molecule has 0 unspecified atom stereocenters. The van der Waals surface area contributed by atoms with E-state index >= 15 is 0 Å². The number of hydrogen-bond acceptors (Lipinski definition) is 4. The average Bonchev–Trinajstić information content (AvgIpc) is 2.60. The molecule has 0 aliphatic rings. The minimum absolute atomic E-state index is 0.0798. The molecule has 6 nitrogen and oxygen atoms in total. The minimum Gasteiger partial charge on any atom is -0.478 e. The van der Waals surface area contributed by atoms with Gasteiger partial charge in [-0.05, 0) is 42.8 Å². The van der Waals surface area contributed by atoms with Crippen molar-refractivity contribution in [2.24, 2.45) is 0 Å². The Kier molecular flexibility index (Phi) is 4.41. The fourth-order valence-electron chi connectivity index (χ4n) is 2.96. The van der Waals surface area contributed by atoms with Gasteiger partial charge in [-0.2, -0.15) is 0 Å². The van der Waals surface area contributed by atoms with Crippen molar-refractivity contribution in [1.29, 1.82) is 0 Å². The maximum Gasteiger partial charge on any atom is 0.336 e. The van der Waals surface area contributed by atoms with Crippen LogP contribution in [-0.4, -0.2) is 28.4 Å². The average molecular weight is 349 g/mol. The van der Waals surface area contributed by atoms with Crippen molar-refractivity contribution in [1.82, 2.24) is 0 Å². The smallest absolute Gasteiger partial charge is 0.336 e. The summed E-state index contributed by atoms with van der Waals surface area (Å²) in [7, 11) is 0. The standard InChI is InChI=1S/C20H15NO5/c1-11-3-2-4-13(9-11)21-16-8-7-14(19(23)24)17-12(10-22)5-6-15(18(16)17)20(25)26/h2-10,21H,1H3,(H,23,24)(H,25,26). The van der Waals surface area contributed by atoms with Crippen LogP contribution in [0.25, 0.3) is 10.8 Å². The van der Waals surface area contributed by atoms with Crippen molar-refractivity contribution in [3.05, 3.63) is 70.8 Å². The number of fused-ring (bicyclic) bond motifs is 1. The molecule has 0 saturated heterocycles. The number of benzene rings is 3. The Morgan fingerprint density at radius 3 is 2.19 bits per heavy atom. The summed E-state index contributed by atoms with van der Waals surface area (Å²) in [6.45, 7) is 1.92. The van der Waals surface area contributed by atoms with Crippen molar-refractivity contribution in [2.45, 2.75) is 6.92 Å². The van der Waals surface area contributed by atoms with Crippen LogP contribution in [0.1, 0.15) is 36.6 Å². The van der Waals surface area contributed by atoms with E-state index in [0.29, 0.717) is 12.0 Å². The first-order chi connectivity index (χ1) is 12.4. The minimum atomic E-state index is -1.23. The van der Waals surface area contributed by atoms with Gasteiger partial charge in [-0.25, -0.2) is 9.59 Å². The van der Waals surface area contributed by atoms with Gasteiger partial charge in [0.2, 0.25) is 0 Å². The third kappa shape index (κ3) is 3.00. The Hall–Kier alpha value is -3.67. The van der Waals surface area contributed by atoms with E-state index in [2.05, 4.69) is 5.32 Å². The number of hydrogen-bond donors (Lipinski definition) is 3. The Labute approximate surface area is 148 Å². The molecule has 0 amide bonds. The van der Waals surface area contributed by atoms with Crippen LogP contribution in [0.3, 0.4) is 0 Å². The van der Waals surface area contributed by atoms with Crippen LogP contribution < -0.4 is 5.32 Å². The van der Waals surface area contributed by atoms with Crippen molar-refractivity contribution in [2.75, 3.05) is 5.32 Å². The predicted molar refractivity (Wildman–Crippen MR) is 97.7 cm³/mol. The number of aldehydes is 1. The molecule has 0 spiro atoms. The number of nitrogens with one attached hydrogen (secondary N) is 1. The van der Waals surface area contributed by atoms with Gasteiger partial charge in [-0.3, -0.25) is 4.79 Å². The van der Waals surface area contributed by atoms with E-state index < -0.39 is 11.9 Å². The molecule has 0 aromatic heterocycles. The topological polar surface area (TPSA) is 104 Å². The first-order valence-electron chi connectivity index (χ1n) is 7.77. The second-order valence-electron chi connectivity index (χ2n) is 5.84. The van der Waals surface area contributed by atoms with Gasteiger partial charge in [-0.15, -0.1) is 0 Å². The fourth-order valence-corrected chi connectivity index (χ4v) is 2.96. The van der Waals surface area contributed by atoms with Gasteiger partial charge in [0.25, 0.3) is 0 Å². The van der Waals surface area contributed by atoms with Gasteiger partial charge in [-0.1, -0.05) is 18.2 Å². The number of rotatable bonds is 5. The van der Waals surface area contributed by atoms with Crippen LogP contribution in [-0.2, 0) is 0 Å². The van der Waals surface area contributed by atoms with Crippen molar-refractivity contribution < 1.29 is 24.6 Å². The van der Waals surface area contributed by atoms with E-state index in [1.54, 1.807) is 0 Å². The molecule has 0 saturated carbocycles. The molecular weight excluding hydrogens is 334 g/mol. The molecule has 0 heterocycles. The third-order valence-corrected chi connectivity index (χ3v) is 4.08. The van der Waals surface area contributed by atoms with Gasteiger partial charge >= 0.3 is 11.9 Å².